The molecule has 13 N–H and O–H groups in total. The van der Waals surface area contributed by atoms with Crippen molar-refractivity contribution in [3.8, 4) is 0 Å². The molecule has 4 atom stereocenters. The average molecular weight is 592 g/mol. The quantitative estimate of drug-likeness (QED) is 0.0782. The van der Waals surface area contributed by atoms with Gasteiger partial charge in [0.15, 0.2) is 0 Å². The summed E-state index contributed by atoms with van der Waals surface area (Å²) in [7, 11) is 0. The number of nitrogens with two attached hydrogens (primary N) is 3. The molecule has 0 saturated carbocycles. The van der Waals surface area contributed by atoms with Gasteiger partial charge in [0, 0.05) is 43.0 Å². The maximum atomic E-state index is 13.3. The van der Waals surface area contributed by atoms with Gasteiger partial charge in [0.2, 0.25) is 35.4 Å². The molecule has 19 nitrogen and oxygen atoms in total. The van der Waals surface area contributed by atoms with Crippen LogP contribution in [0.4, 0.5) is 0 Å². The first-order chi connectivity index (χ1) is 19.9. The van der Waals surface area contributed by atoms with Crippen molar-refractivity contribution >= 4 is 41.4 Å². The monoisotopic (exact) mass is 591 g/mol. The number of aromatic amines is 2. The van der Waals surface area contributed by atoms with Crippen molar-refractivity contribution in [1.29, 1.82) is 0 Å². The topological polar surface area (TPSA) is 323 Å². The smallest absolute Gasteiger partial charge is 0.326 e. The first-order valence-corrected chi connectivity index (χ1v) is 12.5. The summed E-state index contributed by atoms with van der Waals surface area (Å²) in [6.07, 6.45) is 3.84. The molecule has 228 valence electrons. The molecule has 0 aromatic carbocycles. The second kappa shape index (κ2) is 16.1. The predicted molar refractivity (Wildman–Crippen MR) is 141 cm³/mol. The van der Waals surface area contributed by atoms with Gasteiger partial charge in [-0.2, -0.15) is 0 Å². The average Bonchev–Trinajstić information content (AvgIpc) is 3.63. The normalized spacial score (nSPS) is 13.5. The van der Waals surface area contributed by atoms with E-state index < -0.39 is 78.5 Å². The first kappa shape index (κ1) is 32.9. The van der Waals surface area contributed by atoms with Gasteiger partial charge in [0.25, 0.3) is 0 Å². The Morgan fingerprint density at radius 3 is 1.71 bits per heavy atom. The summed E-state index contributed by atoms with van der Waals surface area (Å²) in [6.45, 7) is -0.479. The second-order valence-electron chi connectivity index (χ2n) is 9.08. The van der Waals surface area contributed by atoms with E-state index in [1.807, 2.05) is 0 Å². The molecule has 42 heavy (non-hydrogen) atoms. The van der Waals surface area contributed by atoms with E-state index in [4.69, 9.17) is 17.2 Å². The van der Waals surface area contributed by atoms with E-state index in [-0.39, 0.29) is 25.7 Å². The highest BCUT2D eigenvalue weighted by molar-refractivity contribution is 5.97. The van der Waals surface area contributed by atoms with Gasteiger partial charge in [-0.1, -0.05) is 0 Å². The van der Waals surface area contributed by atoms with E-state index in [1.54, 1.807) is 0 Å². The number of nitrogens with one attached hydrogen (secondary N) is 6. The van der Waals surface area contributed by atoms with E-state index in [0.29, 0.717) is 11.4 Å². The van der Waals surface area contributed by atoms with E-state index in [9.17, 15) is 38.7 Å². The van der Waals surface area contributed by atoms with E-state index >= 15 is 0 Å². The van der Waals surface area contributed by atoms with Crippen LogP contribution in [-0.2, 0) is 46.4 Å². The molecule has 0 spiro atoms. The number of aromatic nitrogens is 4. The summed E-state index contributed by atoms with van der Waals surface area (Å²) >= 11 is 0. The Labute approximate surface area is 238 Å². The Hall–Kier alpha value is -5.33. The zero-order valence-electron chi connectivity index (χ0n) is 22.3. The van der Waals surface area contributed by atoms with Crippen molar-refractivity contribution in [2.24, 2.45) is 17.2 Å². The molecule has 0 saturated heterocycles. The number of rotatable bonds is 18. The van der Waals surface area contributed by atoms with Crippen LogP contribution in [0.5, 0.6) is 0 Å². The van der Waals surface area contributed by atoms with Crippen LogP contribution in [-0.4, -0.2) is 97.2 Å². The number of imidazole rings is 2. The van der Waals surface area contributed by atoms with E-state index in [0.717, 1.165) is 0 Å². The van der Waals surface area contributed by atoms with Crippen LogP contribution in [0.15, 0.2) is 25.0 Å². The van der Waals surface area contributed by atoms with Gasteiger partial charge >= 0.3 is 5.97 Å². The lowest BCUT2D eigenvalue weighted by atomic mass is 10.1. The Balaban J connectivity index is 2.24. The van der Waals surface area contributed by atoms with Crippen LogP contribution in [0.2, 0.25) is 0 Å². The van der Waals surface area contributed by atoms with Crippen LogP contribution < -0.4 is 38.5 Å². The van der Waals surface area contributed by atoms with Crippen LogP contribution in [0.25, 0.3) is 0 Å². The molecule has 0 radical (unpaired) electrons. The standard InChI is InChI=1S/C23H33N11O8/c24-6-19(37)31-13(1-2-17(25)35)20(38)33-15(5-18(26)36)22(40)32-14(3-11-7-27-9-29-11)21(39)34-16(23(41)42)4-12-8-28-10-30-12/h7-10,13-16H,1-6,24H2,(H2,25,35)(H2,26,36)(H,27,29)(H,28,30)(H,31,37)(H,32,40)(H,33,38)(H,34,39)(H,41,42)/t13-,14-,15-,16-/m0/s1. The van der Waals surface area contributed by atoms with Gasteiger partial charge in [-0.05, 0) is 6.42 Å². The van der Waals surface area contributed by atoms with Crippen molar-refractivity contribution in [2.75, 3.05) is 6.54 Å². The summed E-state index contributed by atoms with van der Waals surface area (Å²) in [4.78, 5) is 99.1. The third kappa shape index (κ3) is 11.0. The summed E-state index contributed by atoms with van der Waals surface area (Å²) in [5, 5.41) is 18.9. The van der Waals surface area contributed by atoms with Gasteiger partial charge in [0.1, 0.15) is 24.2 Å². The fourth-order valence-corrected chi connectivity index (χ4v) is 3.68. The lowest BCUT2D eigenvalue weighted by Crippen LogP contribution is -2.59. The molecular weight excluding hydrogens is 558 g/mol. The lowest BCUT2D eigenvalue weighted by molar-refractivity contribution is -0.142. The highest BCUT2D eigenvalue weighted by Crippen LogP contribution is 2.06. The minimum Gasteiger partial charge on any atom is -0.480 e. The fraction of sp³-hybridized carbons (Fsp3) is 0.435. The van der Waals surface area contributed by atoms with Crippen molar-refractivity contribution in [2.45, 2.75) is 56.3 Å². The number of hydrogen-bond acceptors (Lipinski definition) is 10. The highest BCUT2D eigenvalue weighted by Gasteiger charge is 2.32. The Morgan fingerprint density at radius 2 is 1.24 bits per heavy atom. The molecule has 0 aliphatic carbocycles. The van der Waals surface area contributed by atoms with Crippen molar-refractivity contribution < 1.29 is 38.7 Å². The molecule has 2 aromatic heterocycles. The number of carboxylic acids is 1. The van der Waals surface area contributed by atoms with Crippen molar-refractivity contribution in [1.82, 2.24) is 41.2 Å². The van der Waals surface area contributed by atoms with Gasteiger partial charge < -0.3 is 53.5 Å². The maximum Gasteiger partial charge on any atom is 0.326 e. The molecule has 2 rings (SSSR count). The lowest BCUT2D eigenvalue weighted by Gasteiger charge is -2.25. The number of nitrogens with zero attached hydrogens (tertiary/aromatic N) is 2. The molecule has 19 heteroatoms. The third-order valence-electron chi connectivity index (χ3n) is 5.76. The predicted octanol–water partition coefficient (Wildman–Crippen LogP) is -4.96. The van der Waals surface area contributed by atoms with E-state index in [2.05, 4.69) is 41.2 Å². The zero-order chi connectivity index (χ0) is 31.2. The number of H-pyrrole nitrogens is 2. The van der Waals surface area contributed by atoms with Gasteiger partial charge in [-0.25, -0.2) is 14.8 Å². The number of hydrogen-bond donors (Lipinski definition) is 10. The minimum absolute atomic E-state index is 0.145. The van der Waals surface area contributed by atoms with Crippen molar-refractivity contribution in [3.63, 3.8) is 0 Å². The molecule has 0 fully saturated rings. The largest absolute Gasteiger partial charge is 0.480 e. The van der Waals surface area contributed by atoms with Gasteiger partial charge in [-0.3, -0.25) is 28.8 Å². The van der Waals surface area contributed by atoms with Gasteiger partial charge in [0.05, 0.1) is 25.6 Å². The maximum absolute atomic E-state index is 13.3. The summed E-state index contributed by atoms with van der Waals surface area (Å²) in [5.74, 6) is -6.74. The third-order valence-corrected chi connectivity index (χ3v) is 5.76. The summed E-state index contributed by atoms with van der Waals surface area (Å²) in [6, 6.07) is -5.79. The highest BCUT2D eigenvalue weighted by atomic mass is 16.4. The van der Waals surface area contributed by atoms with Crippen LogP contribution in [0.3, 0.4) is 0 Å². The fourth-order valence-electron chi connectivity index (χ4n) is 3.68. The Bertz CT molecular complexity index is 1250. The number of carboxylic acid groups (broad SMARTS) is 1. The zero-order valence-corrected chi connectivity index (χ0v) is 22.3. The molecule has 6 amide bonds. The molecule has 0 aliphatic heterocycles. The molecule has 0 aliphatic rings. The van der Waals surface area contributed by atoms with Crippen molar-refractivity contribution in [3.05, 3.63) is 36.4 Å². The van der Waals surface area contributed by atoms with Gasteiger partial charge in [-0.15, -0.1) is 0 Å². The first-order valence-electron chi connectivity index (χ1n) is 12.5. The van der Waals surface area contributed by atoms with E-state index in [1.165, 1.54) is 25.0 Å². The Kier molecular flexibility index (Phi) is 12.6. The number of carbonyl (C=O) groups is 7. The summed E-state index contributed by atoms with van der Waals surface area (Å²) < 4.78 is 0. The molecular formula is C23H33N11O8. The number of primary amides is 2. The molecule has 2 heterocycles. The second-order valence-corrected chi connectivity index (χ2v) is 9.08. The number of aliphatic carboxylic acids is 1. The van der Waals surface area contributed by atoms with Crippen LogP contribution in [0, 0.1) is 0 Å². The summed E-state index contributed by atoms with van der Waals surface area (Å²) in [5.41, 5.74) is 16.5. The molecule has 0 bridgehead atoms. The number of carbonyl (C=O) groups excluding carboxylic acids is 6. The minimum atomic E-state index is -1.63. The Morgan fingerprint density at radius 1 is 0.738 bits per heavy atom. The molecule has 0 unspecified atom stereocenters. The SMILES string of the molecule is NCC(=O)N[C@@H](CCC(N)=O)C(=O)N[C@@H](CC(N)=O)C(=O)N[C@@H](Cc1cnc[nH]1)C(=O)N[C@@H](Cc1cnc[nH]1)C(=O)O. The molecule has 2 aromatic rings. The van der Waals surface area contributed by atoms with Crippen LogP contribution >= 0.6 is 0 Å². The van der Waals surface area contributed by atoms with Crippen LogP contribution in [0.1, 0.15) is 30.7 Å². The number of amides is 6.